The molecule has 1 fully saturated rings. The number of aryl methyl sites for hydroxylation is 1. The van der Waals surface area contributed by atoms with Crippen LogP contribution >= 0.6 is 0 Å². The molecule has 6 heteroatoms. The van der Waals surface area contributed by atoms with E-state index in [2.05, 4.69) is 44.5 Å². The zero-order valence-corrected chi connectivity index (χ0v) is 14.3. The molecule has 0 unspecified atom stereocenters. The molecule has 1 aliphatic rings. The summed E-state index contributed by atoms with van der Waals surface area (Å²) in [4.78, 5) is 27.9. The average molecular weight is 346 g/mol. The quantitative estimate of drug-likeness (QED) is 0.760. The number of benzene rings is 1. The summed E-state index contributed by atoms with van der Waals surface area (Å²) in [5, 5.41) is 8.33. The first-order valence-electron chi connectivity index (χ1n) is 8.51. The number of aromatic amines is 2. The molecular weight excluding hydrogens is 328 g/mol. The second-order valence-corrected chi connectivity index (χ2v) is 6.53. The molecule has 0 saturated heterocycles. The maximum Gasteiger partial charge on any atom is 0.325 e. The number of aromatic nitrogens is 4. The van der Waals surface area contributed by atoms with E-state index in [9.17, 15) is 9.59 Å². The summed E-state index contributed by atoms with van der Waals surface area (Å²) in [7, 11) is 0. The molecule has 4 rings (SSSR count). The summed E-state index contributed by atoms with van der Waals surface area (Å²) in [6.45, 7) is 1.93. The van der Waals surface area contributed by atoms with Gasteiger partial charge in [0.2, 0.25) is 0 Å². The summed E-state index contributed by atoms with van der Waals surface area (Å²) in [5.41, 5.74) is 2.94. The smallest absolute Gasteiger partial charge is 0.313 e. The summed E-state index contributed by atoms with van der Waals surface area (Å²) in [5.74, 6) is 0.839. The van der Waals surface area contributed by atoms with Crippen LogP contribution in [-0.4, -0.2) is 20.2 Å². The van der Waals surface area contributed by atoms with Crippen LogP contribution in [0.4, 0.5) is 0 Å². The third kappa shape index (κ3) is 3.26. The molecule has 0 bridgehead atoms. The first-order chi connectivity index (χ1) is 12.6. The van der Waals surface area contributed by atoms with Crippen LogP contribution in [0.1, 0.15) is 29.2 Å². The predicted octanol–water partition coefficient (Wildman–Crippen LogP) is 2.65. The minimum absolute atomic E-state index is 0.315. The van der Waals surface area contributed by atoms with E-state index in [4.69, 9.17) is 0 Å². The van der Waals surface area contributed by atoms with E-state index in [1.165, 1.54) is 11.8 Å². The Hall–Kier alpha value is -3.28. The largest absolute Gasteiger partial charge is 0.325 e. The van der Waals surface area contributed by atoms with Gasteiger partial charge in [0, 0.05) is 6.20 Å². The molecule has 6 nitrogen and oxygen atoms in total. The molecule has 1 aliphatic carbocycles. The first-order valence-corrected chi connectivity index (χ1v) is 8.51. The van der Waals surface area contributed by atoms with Crippen LogP contribution < -0.4 is 11.2 Å². The predicted molar refractivity (Wildman–Crippen MR) is 99.8 cm³/mol. The molecule has 1 aromatic carbocycles. The van der Waals surface area contributed by atoms with Crippen LogP contribution in [-0.2, 0) is 0 Å². The Labute approximate surface area is 149 Å². The second kappa shape index (κ2) is 6.55. The molecular formula is C20H18N4O2. The Kier molecular flexibility index (Phi) is 4.08. The Morgan fingerprint density at radius 3 is 2.73 bits per heavy atom. The van der Waals surface area contributed by atoms with Crippen molar-refractivity contribution in [1.82, 2.24) is 20.2 Å². The average Bonchev–Trinajstić information content (AvgIpc) is 3.41. The standard InChI is InChI=1S/C20H18N4O2/c1-12-15(16-9-14(16)8-7-13-5-3-2-4-6-13)10-18(24-23-12)17-11-21-20(26)22-19(17)25/h2-8,10-11,14,16H,9H2,1H3,(H2,21,22,25,26)/b8-7+/t14-,16-/m0/s1. The molecule has 1 saturated carbocycles. The highest BCUT2D eigenvalue weighted by Gasteiger charge is 2.37. The lowest BCUT2D eigenvalue weighted by molar-refractivity contribution is 0.907. The monoisotopic (exact) mass is 346 g/mol. The normalized spacial score (nSPS) is 19.0. The zero-order valence-electron chi connectivity index (χ0n) is 14.3. The third-order valence-electron chi connectivity index (χ3n) is 4.69. The van der Waals surface area contributed by atoms with Crippen LogP contribution in [0.2, 0.25) is 0 Å². The Bertz CT molecular complexity index is 1080. The van der Waals surface area contributed by atoms with Gasteiger partial charge in [-0.1, -0.05) is 42.5 Å². The van der Waals surface area contributed by atoms with E-state index in [0.29, 0.717) is 23.1 Å². The fraction of sp³-hybridized carbons (Fsp3) is 0.200. The van der Waals surface area contributed by atoms with E-state index >= 15 is 0 Å². The van der Waals surface area contributed by atoms with E-state index < -0.39 is 11.2 Å². The van der Waals surface area contributed by atoms with E-state index in [1.807, 2.05) is 31.2 Å². The van der Waals surface area contributed by atoms with Crippen LogP contribution in [0, 0.1) is 12.8 Å². The number of nitrogens with one attached hydrogen (secondary N) is 2. The van der Waals surface area contributed by atoms with Gasteiger partial charge in [0.1, 0.15) is 5.69 Å². The maximum absolute atomic E-state index is 12.0. The fourth-order valence-corrected chi connectivity index (χ4v) is 3.16. The van der Waals surface area contributed by atoms with Gasteiger partial charge in [-0.2, -0.15) is 5.10 Å². The molecule has 2 heterocycles. The summed E-state index contributed by atoms with van der Waals surface area (Å²) >= 11 is 0. The van der Waals surface area contributed by atoms with Gasteiger partial charge in [0.05, 0.1) is 11.3 Å². The van der Waals surface area contributed by atoms with Gasteiger partial charge in [-0.3, -0.25) is 9.78 Å². The van der Waals surface area contributed by atoms with Crippen LogP contribution in [0.15, 0.2) is 58.3 Å². The molecule has 0 radical (unpaired) electrons. The van der Waals surface area contributed by atoms with Crippen molar-refractivity contribution in [2.45, 2.75) is 19.3 Å². The van der Waals surface area contributed by atoms with E-state index in [1.54, 1.807) is 0 Å². The Balaban J connectivity index is 1.59. The number of H-pyrrole nitrogens is 2. The molecule has 0 aliphatic heterocycles. The molecule has 0 spiro atoms. The van der Waals surface area contributed by atoms with Crippen molar-refractivity contribution in [3.8, 4) is 11.3 Å². The van der Waals surface area contributed by atoms with Crippen molar-refractivity contribution in [2.75, 3.05) is 0 Å². The van der Waals surface area contributed by atoms with Crippen molar-refractivity contribution in [3.63, 3.8) is 0 Å². The molecule has 2 N–H and O–H groups in total. The van der Waals surface area contributed by atoms with E-state index in [0.717, 1.165) is 17.7 Å². The highest BCUT2D eigenvalue weighted by atomic mass is 16.2. The third-order valence-corrected chi connectivity index (χ3v) is 4.69. The number of hydrogen-bond donors (Lipinski definition) is 2. The number of allylic oxidation sites excluding steroid dienone is 1. The van der Waals surface area contributed by atoms with Gasteiger partial charge in [-0.15, -0.1) is 5.10 Å². The lowest BCUT2D eigenvalue weighted by atomic mass is 10.1. The lowest BCUT2D eigenvalue weighted by Crippen LogP contribution is -2.23. The zero-order chi connectivity index (χ0) is 18.1. The SMILES string of the molecule is Cc1nnc(-c2c[nH]c(=O)[nH]c2=O)cc1[C@H]1C[C@@H]1/C=C/c1ccccc1. The lowest BCUT2D eigenvalue weighted by Gasteiger charge is -2.06. The second-order valence-electron chi connectivity index (χ2n) is 6.53. The van der Waals surface area contributed by atoms with E-state index in [-0.39, 0.29) is 0 Å². The fourth-order valence-electron chi connectivity index (χ4n) is 3.16. The van der Waals surface area contributed by atoms with Gasteiger partial charge in [0.25, 0.3) is 5.56 Å². The summed E-state index contributed by atoms with van der Waals surface area (Å²) in [6.07, 6.45) is 6.80. The highest BCUT2D eigenvalue weighted by Crippen LogP contribution is 2.49. The topological polar surface area (TPSA) is 91.5 Å². The number of rotatable bonds is 4. The highest BCUT2D eigenvalue weighted by molar-refractivity contribution is 5.58. The van der Waals surface area contributed by atoms with Crippen molar-refractivity contribution in [1.29, 1.82) is 0 Å². The molecule has 130 valence electrons. The van der Waals surface area contributed by atoms with Crippen LogP contribution in [0.5, 0.6) is 0 Å². The molecule has 2 atom stereocenters. The van der Waals surface area contributed by atoms with Crippen LogP contribution in [0.3, 0.4) is 0 Å². The van der Waals surface area contributed by atoms with Gasteiger partial charge >= 0.3 is 5.69 Å². The summed E-state index contributed by atoms with van der Waals surface area (Å²) in [6, 6.07) is 12.1. The number of nitrogens with zero attached hydrogens (tertiary/aromatic N) is 2. The van der Waals surface area contributed by atoms with Crippen molar-refractivity contribution in [3.05, 3.63) is 86.3 Å². The number of hydrogen-bond acceptors (Lipinski definition) is 4. The van der Waals surface area contributed by atoms with Crippen molar-refractivity contribution in [2.24, 2.45) is 5.92 Å². The van der Waals surface area contributed by atoms with Crippen LogP contribution in [0.25, 0.3) is 17.3 Å². The van der Waals surface area contributed by atoms with Gasteiger partial charge in [0.15, 0.2) is 0 Å². The molecule has 2 aromatic heterocycles. The summed E-state index contributed by atoms with van der Waals surface area (Å²) < 4.78 is 0. The molecule has 0 amide bonds. The maximum atomic E-state index is 12.0. The van der Waals surface area contributed by atoms with Crippen molar-refractivity contribution >= 4 is 6.08 Å². The molecule has 3 aromatic rings. The Morgan fingerprint density at radius 1 is 1.15 bits per heavy atom. The van der Waals surface area contributed by atoms with Gasteiger partial charge in [-0.25, -0.2) is 4.79 Å². The Morgan fingerprint density at radius 2 is 1.96 bits per heavy atom. The van der Waals surface area contributed by atoms with Crippen molar-refractivity contribution < 1.29 is 0 Å². The first kappa shape index (κ1) is 16.2. The minimum atomic E-state index is -0.535. The minimum Gasteiger partial charge on any atom is -0.313 e. The van der Waals surface area contributed by atoms with Gasteiger partial charge < -0.3 is 4.98 Å². The molecule has 26 heavy (non-hydrogen) atoms. The van der Waals surface area contributed by atoms with Gasteiger partial charge in [-0.05, 0) is 42.4 Å².